The van der Waals surface area contributed by atoms with E-state index in [1.54, 1.807) is 17.7 Å². The number of thiophene rings is 1. The lowest BCUT2D eigenvalue weighted by Crippen LogP contribution is -2.42. The zero-order chi connectivity index (χ0) is 22.5. The summed E-state index contributed by atoms with van der Waals surface area (Å²) in [6, 6.07) is 6.07. The Morgan fingerprint density at radius 1 is 1.18 bits per heavy atom. The summed E-state index contributed by atoms with van der Waals surface area (Å²) in [6.45, 7) is 4.08. The number of nitrogens with one attached hydrogen (secondary N) is 1. The summed E-state index contributed by atoms with van der Waals surface area (Å²) < 4.78 is 0. The van der Waals surface area contributed by atoms with E-state index < -0.39 is 0 Å². The first-order chi connectivity index (χ1) is 16.0. The fourth-order valence-electron chi connectivity index (χ4n) is 5.23. The second-order valence-electron chi connectivity index (χ2n) is 9.45. The molecule has 1 aliphatic carbocycles. The smallest absolute Gasteiger partial charge is 0.226 e. The van der Waals surface area contributed by atoms with Crippen LogP contribution in [0.2, 0.25) is 0 Å². The van der Waals surface area contributed by atoms with Gasteiger partial charge in [-0.1, -0.05) is 24.8 Å². The average Bonchev–Trinajstić information content (AvgIpc) is 3.38. The van der Waals surface area contributed by atoms with Crippen LogP contribution in [0.3, 0.4) is 0 Å². The normalized spacial score (nSPS) is 20.7. The van der Waals surface area contributed by atoms with Gasteiger partial charge in [0.15, 0.2) is 5.12 Å². The topological polar surface area (TPSA) is 75.2 Å². The van der Waals surface area contributed by atoms with Gasteiger partial charge in [-0.2, -0.15) is 0 Å². The number of fused-ring (bicyclic) bond motifs is 4. The third-order valence-corrected chi connectivity index (χ3v) is 9.31. The molecule has 2 aromatic heterocycles. The van der Waals surface area contributed by atoms with Crippen LogP contribution >= 0.6 is 23.1 Å². The molecule has 1 unspecified atom stereocenters. The standard InChI is InChI=1S/C25H26N4O2S2/c1-14-6-8-29(9-7-14)25(31)16-3-5-18-20(10-16)33-24-22(18)23(26-13-27-24)28-17-4-2-15-11-21(30)32-19(15)12-17/h2,4,12-14,16H,3,5-11H2,1H3,(H,26,27,28). The van der Waals surface area contributed by atoms with Crippen molar-refractivity contribution in [2.45, 2.75) is 50.3 Å². The van der Waals surface area contributed by atoms with Crippen LogP contribution in [0, 0.1) is 11.8 Å². The number of thioether (sulfide) groups is 1. The van der Waals surface area contributed by atoms with Crippen LogP contribution in [0.15, 0.2) is 29.4 Å². The van der Waals surface area contributed by atoms with Gasteiger partial charge in [-0.15, -0.1) is 11.3 Å². The minimum Gasteiger partial charge on any atom is -0.342 e. The van der Waals surface area contributed by atoms with Crippen LogP contribution in [-0.4, -0.2) is 39.0 Å². The Morgan fingerprint density at radius 3 is 2.88 bits per heavy atom. The molecule has 1 aromatic carbocycles. The molecule has 1 atom stereocenters. The highest BCUT2D eigenvalue weighted by molar-refractivity contribution is 8.14. The molecular weight excluding hydrogens is 452 g/mol. The molecule has 0 spiro atoms. The SMILES string of the molecule is CC1CCN(C(=O)C2CCc3c(sc4ncnc(Nc5ccc6c(c5)SC(=O)C6)c34)C2)CC1. The van der Waals surface area contributed by atoms with E-state index in [1.165, 1.54) is 22.2 Å². The molecular formula is C25H26N4O2S2. The molecule has 1 amide bonds. The number of aromatic nitrogens is 2. The summed E-state index contributed by atoms with van der Waals surface area (Å²) in [5, 5.41) is 4.75. The van der Waals surface area contributed by atoms with Crippen molar-refractivity contribution in [3.05, 3.63) is 40.5 Å². The van der Waals surface area contributed by atoms with Gasteiger partial charge in [0.05, 0.1) is 5.39 Å². The van der Waals surface area contributed by atoms with Crippen LogP contribution in [0.5, 0.6) is 0 Å². The quantitative estimate of drug-likeness (QED) is 0.573. The minimum atomic E-state index is 0.0783. The summed E-state index contributed by atoms with van der Waals surface area (Å²) >= 11 is 3.02. The first-order valence-corrected chi connectivity index (χ1v) is 13.3. The Labute approximate surface area is 201 Å². The predicted molar refractivity (Wildman–Crippen MR) is 132 cm³/mol. The Bertz CT molecular complexity index is 1260. The summed E-state index contributed by atoms with van der Waals surface area (Å²) in [7, 11) is 0. The number of carbonyl (C=O) groups excluding carboxylic acids is 2. The maximum Gasteiger partial charge on any atom is 0.226 e. The highest BCUT2D eigenvalue weighted by Gasteiger charge is 2.32. The van der Waals surface area contributed by atoms with Crippen molar-refractivity contribution >= 4 is 55.8 Å². The summed E-state index contributed by atoms with van der Waals surface area (Å²) in [5.74, 6) is 1.94. The lowest BCUT2D eigenvalue weighted by Gasteiger charge is -2.34. The number of likely N-dealkylation sites (tertiary alicyclic amines) is 1. The molecule has 3 aliphatic rings. The van der Waals surface area contributed by atoms with Crippen molar-refractivity contribution in [1.29, 1.82) is 0 Å². The van der Waals surface area contributed by atoms with Gasteiger partial charge >= 0.3 is 0 Å². The van der Waals surface area contributed by atoms with Gasteiger partial charge < -0.3 is 10.2 Å². The molecule has 0 bridgehead atoms. The molecule has 6 rings (SSSR count). The third kappa shape index (κ3) is 3.93. The number of benzene rings is 1. The van der Waals surface area contributed by atoms with Crippen LogP contribution in [0.4, 0.5) is 11.5 Å². The number of nitrogens with zero attached hydrogens (tertiary/aromatic N) is 3. The molecule has 4 heterocycles. The highest BCUT2D eigenvalue weighted by atomic mass is 32.2. The second-order valence-corrected chi connectivity index (χ2v) is 11.6. The number of anilines is 2. The molecule has 33 heavy (non-hydrogen) atoms. The van der Waals surface area contributed by atoms with Gasteiger partial charge in [0.25, 0.3) is 0 Å². The van der Waals surface area contributed by atoms with Gasteiger partial charge in [-0.05, 0) is 61.3 Å². The van der Waals surface area contributed by atoms with Gasteiger partial charge in [0.1, 0.15) is 17.0 Å². The van der Waals surface area contributed by atoms with E-state index in [0.29, 0.717) is 12.3 Å². The van der Waals surface area contributed by atoms with E-state index in [2.05, 4.69) is 27.1 Å². The number of hydrogen-bond acceptors (Lipinski definition) is 7. The zero-order valence-corrected chi connectivity index (χ0v) is 20.2. The van der Waals surface area contributed by atoms with Gasteiger partial charge in [0.2, 0.25) is 5.91 Å². The second kappa shape index (κ2) is 8.40. The highest BCUT2D eigenvalue weighted by Crippen LogP contribution is 2.41. The van der Waals surface area contributed by atoms with Crippen molar-refractivity contribution in [2.24, 2.45) is 11.8 Å². The first kappa shape index (κ1) is 21.1. The van der Waals surface area contributed by atoms with E-state index in [0.717, 1.165) is 83.3 Å². The van der Waals surface area contributed by atoms with E-state index >= 15 is 0 Å². The maximum absolute atomic E-state index is 13.2. The molecule has 1 fully saturated rings. The lowest BCUT2D eigenvalue weighted by atomic mass is 9.86. The van der Waals surface area contributed by atoms with Crippen molar-refractivity contribution < 1.29 is 9.59 Å². The van der Waals surface area contributed by atoms with Gasteiger partial charge in [0, 0.05) is 40.9 Å². The molecule has 8 heteroatoms. The first-order valence-electron chi connectivity index (χ1n) is 11.7. The van der Waals surface area contributed by atoms with Crippen LogP contribution < -0.4 is 5.32 Å². The third-order valence-electron chi connectivity index (χ3n) is 7.18. The maximum atomic E-state index is 13.2. The van der Waals surface area contributed by atoms with Crippen molar-refractivity contribution in [2.75, 3.05) is 18.4 Å². The van der Waals surface area contributed by atoms with Crippen molar-refractivity contribution in [1.82, 2.24) is 14.9 Å². The number of carbonyl (C=O) groups is 2. The Balaban J connectivity index is 1.25. The monoisotopic (exact) mass is 478 g/mol. The van der Waals surface area contributed by atoms with Crippen LogP contribution in [-0.2, 0) is 28.9 Å². The van der Waals surface area contributed by atoms with Gasteiger partial charge in [-0.25, -0.2) is 9.97 Å². The fraction of sp³-hybridized carbons (Fsp3) is 0.440. The van der Waals surface area contributed by atoms with E-state index in [1.807, 2.05) is 18.2 Å². The molecule has 6 nitrogen and oxygen atoms in total. The summed E-state index contributed by atoms with van der Waals surface area (Å²) in [5.41, 5.74) is 3.31. The molecule has 3 aromatic rings. The molecule has 0 saturated carbocycles. The largest absolute Gasteiger partial charge is 0.342 e. The van der Waals surface area contributed by atoms with Crippen molar-refractivity contribution in [3.63, 3.8) is 0 Å². The molecule has 2 aliphatic heterocycles. The Hall–Kier alpha value is -2.45. The van der Waals surface area contributed by atoms with E-state index in [4.69, 9.17) is 0 Å². The predicted octanol–water partition coefficient (Wildman–Crippen LogP) is 4.97. The minimum absolute atomic E-state index is 0.0783. The molecule has 1 N–H and O–H groups in total. The number of piperidine rings is 1. The number of hydrogen-bond donors (Lipinski definition) is 1. The number of aryl methyl sites for hydroxylation is 1. The van der Waals surface area contributed by atoms with E-state index in [-0.39, 0.29) is 11.0 Å². The van der Waals surface area contributed by atoms with Crippen LogP contribution in [0.25, 0.3) is 10.2 Å². The van der Waals surface area contributed by atoms with Crippen molar-refractivity contribution in [3.8, 4) is 0 Å². The summed E-state index contributed by atoms with van der Waals surface area (Å²) in [6.07, 6.45) is 6.92. The number of rotatable bonds is 3. The summed E-state index contributed by atoms with van der Waals surface area (Å²) in [4.78, 5) is 39.4. The zero-order valence-electron chi connectivity index (χ0n) is 18.6. The van der Waals surface area contributed by atoms with Crippen LogP contribution in [0.1, 0.15) is 42.2 Å². The Kier molecular flexibility index (Phi) is 5.37. The number of amides is 1. The fourth-order valence-corrected chi connectivity index (χ4v) is 7.42. The average molecular weight is 479 g/mol. The lowest BCUT2D eigenvalue weighted by molar-refractivity contribution is -0.137. The van der Waals surface area contributed by atoms with E-state index in [9.17, 15) is 9.59 Å². The molecule has 0 radical (unpaired) electrons. The molecule has 1 saturated heterocycles. The van der Waals surface area contributed by atoms with Gasteiger partial charge in [-0.3, -0.25) is 9.59 Å². The Morgan fingerprint density at radius 2 is 2.03 bits per heavy atom. The molecule has 170 valence electrons.